The van der Waals surface area contributed by atoms with E-state index in [-0.39, 0.29) is 5.54 Å². The molecule has 1 aliphatic rings. The summed E-state index contributed by atoms with van der Waals surface area (Å²) in [6.45, 7) is 7.54. The second-order valence-electron chi connectivity index (χ2n) is 6.04. The van der Waals surface area contributed by atoms with Crippen molar-refractivity contribution in [1.29, 1.82) is 0 Å². The van der Waals surface area contributed by atoms with Crippen LogP contribution in [-0.2, 0) is 16.3 Å². The summed E-state index contributed by atoms with van der Waals surface area (Å²) >= 11 is 0. The molecule has 0 saturated carbocycles. The smallest absolute Gasteiger partial charge is 0.0535 e. The highest BCUT2D eigenvalue weighted by molar-refractivity contribution is 7.84. The maximum absolute atomic E-state index is 11.5. The molecule has 3 unspecified atom stereocenters. The van der Waals surface area contributed by atoms with Gasteiger partial charge in [-0.1, -0.05) is 30.3 Å². The first kappa shape index (κ1) is 15.7. The summed E-state index contributed by atoms with van der Waals surface area (Å²) < 4.78 is 11.5. The van der Waals surface area contributed by atoms with E-state index in [9.17, 15) is 4.21 Å². The fourth-order valence-corrected chi connectivity index (χ4v) is 3.90. The van der Waals surface area contributed by atoms with Crippen molar-refractivity contribution in [3.8, 4) is 0 Å². The Labute approximate surface area is 125 Å². The van der Waals surface area contributed by atoms with E-state index in [0.717, 1.165) is 31.8 Å². The molecule has 2 rings (SSSR count). The minimum Gasteiger partial charge on any atom is -0.307 e. The van der Waals surface area contributed by atoms with Crippen LogP contribution in [0.3, 0.4) is 0 Å². The quantitative estimate of drug-likeness (QED) is 0.921. The molecule has 1 saturated heterocycles. The largest absolute Gasteiger partial charge is 0.307 e. The van der Waals surface area contributed by atoms with E-state index in [1.165, 1.54) is 5.56 Å². The summed E-state index contributed by atoms with van der Waals surface area (Å²) in [4.78, 5) is 2.48. The Balaban J connectivity index is 2.16. The molecule has 3 nitrogen and oxygen atoms in total. The zero-order valence-corrected chi connectivity index (χ0v) is 13.6. The van der Waals surface area contributed by atoms with Crippen molar-refractivity contribution in [2.45, 2.75) is 31.8 Å². The van der Waals surface area contributed by atoms with Crippen LogP contribution in [0.1, 0.15) is 25.8 Å². The first-order chi connectivity index (χ1) is 9.51. The number of hydrogen-bond acceptors (Lipinski definition) is 3. The Hall–Kier alpha value is -0.710. The molecule has 0 bridgehead atoms. The maximum Gasteiger partial charge on any atom is 0.0535 e. The summed E-state index contributed by atoms with van der Waals surface area (Å²) in [5, 5.41) is 3.69. The van der Waals surface area contributed by atoms with Gasteiger partial charge in [0.15, 0.2) is 0 Å². The summed E-state index contributed by atoms with van der Waals surface area (Å²) in [5.74, 6) is 0.755. The van der Waals surface area contributed by atoms with Gasteiger partial charge in [-0.2, -0.15) is 0 Å². The normalized spacial score (nSPS) is 27.8. The lowest BCUT2D eigenvalue weighted by Crippen LogP contribution is -2.49. The van der Waals surface area contributed by atoms with Crippen LogP contribution >= 0.6 is 0 Å². The van der Waals surface area contributed by atoms with E-state index in [1.807, 2.05) is 0 Å². The van der Waals surface area contributed by atoms with Crippen LogP contribution in [0.25, 0.3) is 0 Å². The number of nitrogens with one attached hydrogen (secondary N) is 1. The summed E-state index contributed by atoms with van der Waals surface area (Å²) in [5.41, 5.74) is 1.30. The SMILES string of the molecule is CC(CS(C)=O)N1CCCNC(C)(c2ccccc2)C1. The van der Waals surface area contributed by atoms with Crippen LogP contribution in [0, 0.1) is 0 Å². The van der Waals surface area contributed by atoms with Crippen molar-refractivity contribution in [3.63, 3.8) is 0 Å². The fraction of sp³-hybridized carbons (Fsp3) is 0.625. The molecule has 1 heterocycles. The van der Waals surface area contributed by atoms with Crippen LogP contribution in [0.5, 0.6) is 0 Å². The van der Waals surface area contributed by atoms with Crippen molar-refractivity contribution in [2.75, 3.05) is 31.6 Å². The third-order valence-corrected chi connectivity index (χ3v) is 5.12. The summed E-state index contributed by atoms with van der Waals surface area (Å²) in [6, 6.07) is 11.0. The highest BCUT2D eigenvalue weighted by Crippen LogP contribution is 2.25. The van der Waals surface area contributed by atoms with E-state index >= 15 is 0 Å². The molecule has 0 radical (unpaired) electrons. The Morgan fingerprint density at radius 3 is 2.75 bits per heavy atom. The zero-order valence-electron chi connectivity index (χ0n) is 12.8. The van der Waals surface area contributed by atoms with Crippen molar-refractivity contribution >= 4 is 10.8 Å². The molecular weight excluding hydrogens is 268 g/mol. The number of hydrogen-bond donors (Lipinski definition) is 1. The van der Waals surface area contributed by atoms with Crippen molar-refractivity contribution < 1.29 is 4.21 Å². The van der Waals surface area contributed by atoms with Crippen LogP contribution < -0.4 is 5.32 Å². The zero-order chi connectivity index (χ0) is 14.6. The Morgan fingerprint density at radius 1 is 1.40 bits per heavy atom. The minimum atomic E-state index is -0.734. The Morgan fingerprint density at radius 2 is 2.10 bits per heavy atom. The van der Waals surface area contributed by atoms with Gasteiger partial charge in [0, 0.05) is 35.4 Å². The monoisotopic (exact) mass is 294 g/mol. The second-order valence-corrected chi connectivity index (χ2v) is 7.52. The van der Waals surface area contributed by atoms with Gasteiger partial charge in [0.2, 0.25) is 0 Å². The van der Waals surface area contributed by atoms with Crippen LogP contribution in [-0.4, -0.2) is 46.8 Å². The van der Waals surface area contributed by atoms with Crippen LogP contribution in [0.15, 0.2) is 30.3 Å². The molecule has 0 spiro atoms. The van der Waals surface area contributed by atoms with Crippen molar-refractivity contribution in [2.24, 2.45) is 0 Å². The maximum atomic E-state index is 11.5. The third-order valence-electron chi connectivity index (χ3n) is 4.17. The number of nitrogens with zero attached hydrogens (tertiary/aromatic N) is 1. The highest BCUT2D eigenvalue weighted by Gasteiger charge is 2.32. The lowest BCUT2D eigenvalue weighted by atomic mass is 9.91. The van der Waals surface area contributed by atoms with Crippen molar-refractivity contribution in [1.82, 2.24) is 10.2 Å². The molecule has 1 aliphatic heterocycles. The predicted molar refractivity (Wildman–Crippen MR) is 86.4 cm³/mol. The summed E-state index contributed by atoms with van der Waals surface area (Å²) in [6.07, 6.45) is 2.94. The molecule has 112 valence electrons. The fourth-order valence-electron chi connectivity index (χ4n) is 3.01. The molecule has 1 N–H and O–H groups in total. The molecule has 0 aromatic heterocycles. The molecule has 1 aromatic carbocycles. The topological polar surface area (TPSA) is 32.3 Å². The highest BCUT2D eigenvalue weighted by atomic mass is 32.2. The number of benzene rings is 1. The van der Waals surface area contributed by atoms with Gasteiger partial charge in [0.1, 0.15) is 0 Å². The van der Waals surface area contributed by atoms with Gasteiger partial charge in [-0.25, -0.2) is 0 Å². The summed E-state index contributed by atoms with van der Waals surface area (Å²) in [7, 11) is -0.734. The van der Waals surface area contributed by atoms with E-state index in [2.05, 4.69) is 54.4 Å². The molecule has 1 fully saturated rings. The average Bonchev–Trinajstić information content (AvgIpc) is 2.62. The molecule has 1 aromatic rings. The first-order valence-electron chi connectivity index (χ1n) is 7.36. The molecular formula is C16H26N2OS. The van der Waals surface area contributed by atoms with Gasteiger partial charge in [-0.15, -0.1) is 0 Å². The molecule has 4 heteroatoms. The van der Waals surface area contributed by atoms with Gasteiger partial charge in [-0.3, -0.25) is 9.11 Å². The molecule has 3 atom stereocenters. The molecule has 0 amide bonds. The van der Waals surface area contributed by atoms with Gasteiger partial charge in [0.25, 0.3) is 0 Å². The standard InChI is InChI=1S/C16H26N2OS/c1-14(12-20(3)19)18-11-7-10-17-16(2,13-18)15-8-5-4-6-9-15/h4-6,8-9,14,17H,7,10-13H2,1-3H3. The van der Waals surface area contributed by atoms with E-state index in [0.29, 0.717) is 6.04 Å². The van der Waals surface area contributed by atoms with Crippen LogP contribution in [0.2, 0.25) is 0 Å². The van der Waals surface area contributed by atoms with E-state index in [4.69, 9.17) is 0 Å². The second kappa shape index (κ2) is 6.83. The molecule has 20 heavy (non-hydrogen) atoms. The Bertz CT molecular complexity index is 451. The van der Waals surface area contributed by atoms with Crippen LogP contribution in [0.4, 0.5) is 0 Å². The minimum absolute atomic E-state index is 0.0265. The van der Waals surface area contributed by atoms with Gasteiger partial charge >= 0.3 is 0 Å². The first-order valence-corrected chi connectivity index (χ1v) is 9.08. The number of rotatable bonds is 4. The van der Waals surface area contributed by atoms with Gasteiger partial charge in [-0.05, 0) is 38.9 Å². The lowest BCUT2D eigenvalue weighted by Gasteiger charge is -2.36. The Kier molecular flexibility index (Phi) is 5.35. The van der Waals surface area contributed by atoms with Gasteiger partial charge in [0.05, 0.1) is 5.54 Å². The van der Waals surface area contributed by atoms with Gasteiger partial charge < -0.3 is 5.32 Å². The third kappa shape index (κ3) is 3.90. The lowest BCUT2D eigenvalue weighted by molar-refractivity contribution is 0.183. The van der Waals surface area contributed by atoms with E-state index in [1.54, 1.807) is 6.26 Å². The molecule has 0 aliphatic carbocycles. The predicted octanol–water partition coefficient (Wildman–Crippen LogP) is 1.96. The van der Waals surface area contributed by atoms with Crippen molar-refractivity contribution in [3.05, 3.63) is 35.9 Å². The average molecular weight is 294 g/mol. The van der Waals surface area contributed by atoms with E-state index < -0.39 is 10.8 Å².